The molecule has 0 aromatic carbocycles. The Morgan fingerprint density at radius 3 is 2.72 bits per heavy atom. The lowest BCUT2D eigenvalue weighted by Gasteiger charge is -2.37. The van der Waals surface area contributed by atoms with Gasteiger partial charge in [0.2, 0.25) is 0 Å². The number of thiophene rings is 1. The molecule has 0 saturated heterocycles. The average Bonchev–Trinajstić information content (AvgIpc) is 3.19. The second-order valence-electron chi connectivity index (χ2n) is 6.63. The van der Waals surface area contributed by atoms with Crippen LogP contribution in [0, 0.1) is 0 Å². The predicted molar refractivity (Wildman–Crippen MR) is 106 cm³/mol. The molecule has 2 rings (SSSR count). The molecule has 0 unspecified atom stereocenters. The molecule has 1 fully saturated rings. The molecule has 0 radical (unpaired) electrons. The van der Waals surface area contributed by atoms with Crippen LogP contribution in [0.3, 0.4) is 0 Å². The summed E-state index contributed by atoms with van der Waals surface area (Å²) < 4.78 is 10.5. The highest BCUT2D eigenvalue weighted by molar-refractivity contribution is 7.10. The van der Waals surface area contributed by atoms with Crippen molar-refractivity contribution >= 4 is 17.3 Å². The van der Waals surface area contributed by atoms with Gasteiger partial charge in [-0.05, 0) is 30.7 Å². The van der Waals surface area contributed by atoms with Crippen molar-refractivity contribution in [2.24, 2.45) is 4.99 Å². The molecule has 1 heterocycles. The second kappa shape index (κ2) is 11.5. The summed E-state index contributed by atoms with van der Waals surface area (Å²) in [5.41, 5.74) is 0.271. The quantitative estimate of drug-likeness (QED) is 0.379. The maximum Gasteiger partial charge on any atom is 0.191 e. The maximum absolute atomic E-state index is 5.49. The van der Waals surface area contributed by atoms with E-state index in [1.165, 1.54) is 37.0 Å². The second-order valence-corrected chi connectivity index (χ2v) is 7.58. The monoisotopic (exact) mass is 367 g/mol. The van der Waals surface area contributed by atoms with Crippen molar-refractivity contribution in [3.63, 3.8) is 0 Å². The lowest BCUT2D eigenvalue weighted by Crippen LogP contribution is -2.46. The molecule has 0 aliphatic heterocycles. The van der Waals surface area contributed by atoms with E-state index in [2.05, 4.69) is 33.1 Å². The molecule has 142 valence electrons. The van der Waals surface area contributed by atoms with Gasteiger partial charge in [-0.1, -0.05) is 25.3 Å². The van der Waals surface area contributed by atoms with Crippen molar-refractivity contribution in [1.82, 2.24) is 10.6 Å². The first-order chi connectivity index (χ1) is 12.3. The third-order valence-electron chi connectivity index (χ3n) is 4.86. The van der Waals surface area contributed by atoms with Gasteiger partial charge in [-0.2, -0.15) is 0 Å². The molecule has 1 aromatic rings. The van der Waals surface area contributed by atoms with E-state index in [-0.39, 0.29) is 5.41 Å². The molecule has 1 saturated carbocycles. The van der Waals surface area contributed by atoms with Crippen LogP contribution in [0.15, 0.2) is 22.5 Å². The van der Waals surface area contributed by atoms with Crippen molar-refractivity contribution in [3.05, 3.63) is 22.4 Å². The summed E-state index contributed by atoms with van der Waals surface area (Å²) in [7, 11) is 3.53. The van der Waals surface area contributed by atoms with E-state index in [1.807, 2.05) is 18.4 Å². The van der Waals surface area contributed by atoms with Gasteiger partial charge in [0.15, 0.2) is 5.96 Å². The van der Waals surface area contributed by atoms with Gasteiger partial charge in [0.05, 0.1) is 13.2 Å². The summed E-state index contributed by atoms with van der Waals surface area (Å²) in [4.78, 5) is 5.88. The molecular weight excluding hydrogens is 334 g/mol. The lowest BCUT2D eigenvalue weighted by molar-refractivity contribution is 0.0698. The zero-order chi connectivity index (χ0) is 17.8. The topological polar surface area (TPSA) is 54.9 Å². The molecule has 0 amide bonds. The highest BCUT2D eigenvalue weighted by Crippen LogP contribution is 2.41. The van der Waals surface area contributed by atoms with Crippen molar-refractivity contribution in [2.45, 2.75) is 43.9 Å². The molecule has 0 bridgehead atoms. The Labute approximate surface area is 156 Å². The fraction of sp³-hybridized carbons (Fsp3) is 0.737. The van der Waals surface area contributed by atoms with Crippen molar-refractivity contribution < 1.29 is 9.47 Å². The van der Waals surface area contributed by atoms with Crippen LogP contribution in [-0.2, 0) is 14.9 Å². The zero-order valence-electron chi connectivity index (χ0n) is 15.7. The van der Waals surface area contributed by atoms with Crippen LogP contribution < -0.4 is 10.6 Å². The van der Waals surface area contributed by atoms with E-state index in [4.69, 9.17) is 9.47 Å². The molecule has 25 heavy (non-hydrogen) atoms. The fourth-order valence-electron chi connectivity index (χ4n) is 3.42. The van der Waals surface area contributed by atoms with Gasteiger partial charge < -0.3 is 20.1 Å². The van der Waals surface area contributed by atoms with Crippen LogP contribution in [0.25, 0.3) is 0 Å². The molecule has 0 spiro atoms. The first-order valence-electron chi connectivity index (χ1n) is 9.36. The standard InChI is InChI=1S/C19H33N3O2S/c1-20-18(21-11-7-12-24-14-13-23-2)22-16-19(9-4-3-5-10-19)17-8-6-15-25-17/h6,8,15H,3-5,7,9-14,16H2,1-2H3,(H2,20,21,22). The minimum Gasteiger partial charge on any atom is -0.382 e. The number of guanidine groups is 1. The fourth-order valence-corrected chi connectivity index (χ4v) is 4.41. The molecule has 2 N–H and O–H groups in total. The number of rotatable bonds is 10. The Kier molecular flexibility index (Phi) is 9.29. The predicted octanol–water partition coefficient (Wildman–Crippen LogP) is 3.17. The number of ether oxygens (including phenoxy) is 2. The van der Waals surface area contributed by atoms with E-state index in [9.17, 15) is 0 Å². The molecule has 5 nitrogen and oxygen atoms in total. The summed E-state index contributed by atoms with van der Waals surface area (Å²) in [5.74, 6) is 0.887. The van der Waals surface area contributed by atoms with Gasteiger partial charge in [0.1, 0.15) is 0 Å². The van der Waals surface area contributed by atoms with Crippen molar-refractivity contribution in [3.8, 4) is 0 Å². The minimum atomic E-state index is 0.271. The third-order valence-corrected chi connectivity index (χ3v) is 5.98. The number of nitrogens with zero attached hydrogens (tertiary/aromatic N) is 1. The van der Waals surface area contributed by atoms with Crippen LogP contribution in [-0.4, -0.2) is 53.0 Å². The molecule has 0 atom stereocenters. The van der Waals surface area contributed by atoms with Gasteiger partial charge in [-0.3, -0.25) is 4.99 Å². The van der Waals surface area contributed by atoms with Crippen molar-refractivity contribution in [2.75, 3.05) is 47.1 Å². The van der Waals surface area contributed by atoms with Gasteiger partial charge in [0, 0.05) is 44.1 Å². The number of aliphatic imine (C=N–C) groups is 1. The first-order valence-corrected chi connectivity index (χ1v) is 10.2. The summed E-state index contributed by atoms with van der Waals surface area (Å²) in [6, 6.07) is 4.47. The highest BCUT2D eigenvalue weighted by atomic mass is 32.1. The van der Waals surface area contributed by atoms with E-state index in [0.29, 0.717) is 13.2 Å². The van der Waals surface area contributed by atoms with E-state index in [0.717, 1.165) is 32.1 Å². The Bertz CT molecular complexity index is 485. The van der Waals surface area contributed by atoms with Gasteiger partial charge in [0.25, 0.3) is 0 Å². The maximum atomic E-state index is 5.49. The van der Waals surface area contributed by atoms with Crippen LogP contribution in [0.1, 0.15) is 43.4 Å². The summed E-state index contributed by atoms with van der Waals surface area (Å²) in [6.45, 7) is 3.87. The van der Waals surface area contributed by atoms with E-state index < -0.39 is 0 Å². The lowest BCUT2D eigenvalue weighted by atomic mass is 9.73. The van der Waals surface area contributed by atoms with Gasteiger partial charge in [-0.25, -0.2) is 0 Å². The van der Waals surface area contributed by atoms with E-state index in [1.54, 1.807) is 7.11 Å². The van der Waals surface area contributed by atoms with E-state index >= 15 is 0 Å². The molecular formula is C19H33N3O2S. The Morgan fingerprint density at radius 2 is 2.04 bits per heavy atom. The molecule has 1 aliphatic carbocycles. The van der Waals surface area contributed by atoms with Crippen LogP contribution in [0.5, 0.6) is 0 Å². The van der Waals surface area contributed by atoms with Crippen LogP contribution in [0.4, 0.5) is 0 Å². The highest BCUT2D eigenvalue weighted by Gasteiger charge is 2.34. The summed E-state index contributed by atoms with van der Waals surface area (Å²) >= 11 is 1.89. The van der Waals surface area contributed by atoms with Crippen LogP contribution >= 0.6 is 11.3 Å². The number of methoxy groups -OCH3 is 1. The van der Waals surface area contributed by atoms with Gasteiger partial charge in [-0.15, -0.1) is 11.3 Å². The number of nitrogens with one attached hydrogen (secondary N) is 2. The zero-order valence-corrected chi connectivity index (χ0v) is 16.5. The molecule has 1 aromatic heterocycles. The summed E-state index contributed by atoms with van der Waals surface area (Å²) in [6.07, 6.45) is 7.51. The Hall–Kier alpha value is -1.11. The SMILES string of the molecule is CN=C(NCCCOCCOC)NCC1(c2cccs2)CCCCC1. The Balaban J connectivity index is 1.74. The normalized spacial score (nSPS) is 17.4. The first kappa shape index (κ1) is 20.2. The number of hydrogen-bond acceptors (Lipinski definition) is 4. The number of hydrogen-bond donors (Lipinski definition) is 2. The van der Waals surface area contributed by atoms with Gasteiger partial charge >= 0.3 is 0 Å². The molecule has 6 heteroatoms. The van der Waals surface area contributed by atoms with Crippen molar-refractivity contribution in [1.29, 1.82) is 0 Å². The van der Waals surface area contributed by atoms with Crippen LogP contribution in [0.2, 0.25) is 0 Å². The smallest absolute Gasteiger partial charge is 0.191 e. The third kappa shape index (κ3) is 6.60. The minimum absolute atomic E-state index is 0.271. The Morgan fingerprint density at radius 1 is 1.20 bits per heavy atom. The average molecular weight is 368 g/mol. The summed E-state index contributed by atoms with van der Waals surface area (Å²) in [5, 5.41) is 9.15. The molecule has 1 aliphatic rings. The largest absolute Gasteiger partial charge is 0.382 e.